The van der Waals surface area contributed by atoms with E-state index < -0.39 is 6.10 Å². The maximum Gasteiger partial charge on any atom is 0.260 e. The number of carbonyl (C=O) groups is 1. The normalized spacial score (nSPS) is 20.0. The summed E-state index contributed by atoms with van der Waals surface area (Å²) >= 11 is 0. The van der Waals surface area contributed by atoms with Crippen LogP contribution in [0.2, 0.25) is 0 Å². The number of hydrogen-bond acceptors (Lipinski definition) is 3. The average Bonchev–Trinajstić information content (AvgIpc) is 2.91. The van der Waals surface area contributed by atoms with Gasteiger partial charge in [-0.2, -0.15) is 0 Å². The zero-order valence-corrected chi connectivity index (χ0v) is 10.9. The van der Waals surface area contributed by atoms with E-state index in [0.29, 0.717) is 12.3 Å². The van der Waals surface area contributed by atoms with Crippen molar-refractivity contribution >= 4 is 5.91 Å². The maximum absolute atomic E-state index is 12.7. The molecule has 19 heavy (non-hydrogen) atoms. The molecule has 2 atom stereocenters. The summed E-state index contributed by atoms with van der Waals surface area (Å²) < 4.78 is 23.6. The third-order valence-electron chi connectivity index (χ3n) is 3.02. The number of benzene rings is 1. The van der Waals surface area contributed by atoms with E-state index in [1.54, 1.807) is 6.92 Å². The van der Waals surface area contributed by atoms with E-state index in [-0.39, 0.29) is 17.8 Å². The van der Waals surface area contributed by atoms with E-state index in [9.17, 15) is 9.18 Å². The van der Waals surface area contributed by atoms with Gasteiger partial charge in [0.05, 0.1) is 6.10 Å². The SMILES string of the molecule is C[C@H](Oc1ccc(F)cc1)C(=O)NC[C@@H]1CCCO1. The van der Waals surface area contributed by atoms with E-state index in [4.69, 9.17) is 9.47 Å². The van der Waals surface area contributed by atoms with Gasteiger partial charge in [-0.05, 0) is 44.0 Å². The third kappa shape index (κ3) is 4.21. The summed E-state index contributed by atoms with van der Waals surface area (Å²) in [6.07, 6.45) is 1.52. The number of hydrogen-bond donors (Lipinski definition) is 1. The van der Waals surface area contributed by atoms with Crippen molar-refractivity contribution in [2.75, 3.05) is 13.2 Å². The monoisotopic (exact) mass is 267 g/mol. The molecule has 1 heterocycles. The number of nitrogens with one attached hydrogen (secondary N) is 1. The summed E-state index contributed by atoms with van der Waals surface area (Å²) in [5, 5.41) is 2.79. The molecule has 2 rings (SSSR count). The van der Waals surface area contributed by atoms with Gasteiger partial charge < -0.3 is 14.8 Å². The first kappa shape index (κ1) is 13.8. The van der Waals surface area contributed by atoms with Crippen molar-refractivity contribution in [1.29, 1.82) is 0 Å². The van der Waals surface area contributed by atoms with Gasteiger partial charge in [-0.1, -0.05) is 0 Å². The molecule has 1 amide bonds. The van der Waals surface area contributed by atoms with Gasteiger partial charge in [0.1, 0.15) is 11.6 Å². The standard InChI is InChI=1S/C14H18FNO3/c1-10(19-12-6-4-11(15)5-7-12)14(17)16-9-13-3-2-8-18-13/h4-7,10,13H,2-3,8-9H2,1H3,(H,16,17)/t10-,13-/m0/s1. The minimum Gasteiger partial charge on any atom is -0.481 e. The molecule has 0 spiro atoms. The molecule has 1 fully saturated rings. The van der Waals surface area contributed by atoms with Crippen LogP contribution in [0.3, 0.4) is 0 Å². The van der Waals surface area contributed by atoms with Gasteiger partial charge in [0.25, 0.3) is 5.91 Å². The van der Waals surface area contributed by atoms with E-state index in [1.807, 2.05) is 0 Å². The number of rotatable bonds is 5. The lowest BCUT2D eigenvalue weighted by Crippen LogP contribution is -2.40. The quantitative estimate of drug-likeness (QED) is 0.886. The molecule has 0 radical (unpaired) electrons. The van der Waals surface area contributed by atoms with Crippen molar-refractivity contribution in [3.05, 3.63) is 30.1 Å². The molecule has 1 aromatic carbocycles. The van der Waals surface area contributed by atoms with Gasteiger partial charge >= 0.3 is 0 Å². The summed E-state index contributed by atoms with van der Waals surface area (Å²) in [7, 11) is 0. The van der Waals surface area contributed by atoms with Crippen LogP contribution in [-0.4, -0.2) is 31.3 Å². The highest BCUT2D eigenvalue weighted by atomic mass is 19.1. The van der Waals surface area contributed by atoms with Crippen LogP contribution in [0, 0.1) is 5.82 Å². The van der Waals surface area contributed by atoms with Crippen LogP contribution >= 0.6 is 0 Å². The fourth-order valence-electron chi connectivity index (χ4n) is 1.93. The predicted molar refractivity (Wildman–Crippen MR) is 68.5 cm³/mol. The van der Waals surface area contributed by atoms with Gasteiger partial charge in [0, 0.05) is 13.2 Å². The number of amides is 1. The lowest BCUT2D eigenvalue weighted by molar-refractivity contribution is -0.127. The van der Waals surface area contributed by atoms with E-state index in [0.717, 1.165) is 19.4 Å². The molecule has 0 aromatic heterocycles. The summed E-state index contributed by atoms with van der Waals surface area (Å²) in [4.78, 5) is 11.8. The first-order valence-corrected chi connectivity index (χ1v) is 6.46. The van der Waals surface area contributed by atoms with Gasteiger partial charge in [-0.15, -0.1) is 0 Å². The molecule has 0 saturated carbocycles. The number of halogens is 1. The topological polar surface area (TPSA) is 47.6 Å². The number of carbonyl (C=O) groups excluding carboxylic acids is 1. The molecule has 5 heteroatoms. The van der Waals surface area contributed by atoms with Crippen molar-refractivity contribution < 1.29 is 18.7 Å². The molecule has 1 N–H and O–H groups in total. The van der Waals surface area contributed by atoms with E-state index in [2.05, 4.69) is 5.32 Å². The molecule has 1 aliphatic heterocycles. The van der Waals surface area contributed by atoms with Crippen molar-refractivity contribution in [3.8, 4) is 5.75 Å². The molecular formula is C14H18FNO3. The molecule has 1 aromatic rings. The first-order chi connectivity index (χ1) is 9.15. The van der Waals surface area contributed by atoms with Crippen LogP contribution in [0.4, 0.5) is 4.39 Å². The lowest BCUT2D eigenvalue weighted by atomic mass is 10.2. The third-order valence-corrected chi connectivity index (χ3v) is 3.02. The second-order valence-corrected chi connectivity index (χ2v) is 4.59. The van der Waals surface area contributed by atoms with Crippen molar-refractivity contribution in [2.24, 2.45) is 0 Å². The Morgan fingerprint density at radius 1 is 1.53 bits per heavy atom. The van der Waals surface area contributed by atoms with Crippen molar-refractivity contribution in [3.63, 3.8) is 0 Å². The molecule has 0 unspecified atom stereocenters. The van der Waals surface area contributed by atoms with E-state index in [1.165, 1.54) is 24.3 Å². The summed E-state index contributed by atoms with van der Waals surface area (Å²) in [6, 6.07) is 5.59. The molecule has 1 aliphatic rings. The minimum atomic E-state index is -0.619. The summed E-state index contributed by atoms with van der Waals surface area (Å²) in [5.41, 5.74) is 0. The van der Waals surface area contributed by atoms with Gasteiger partial charge in [-0.3, -0.25) is 4.79 Å². The smallest absolute Gasteiger partial charge is 0.260 e. The fraction of sp³-hybridized carbons (Fsp3) is 0.500. The molecule has 1 saturated heterocycles. The first-order valence-electron chi connectivity index (χ1n) is 6.46. The largest absolute Gasteiger partial charge is 0.481 e. The minimum absolute atomic E-state index is 0.113. The van der Waals surface area contributed by atoms with Gasteiger partial charge in [0.2, 0.25) is 0 Å². The van der Waals surface area contributed by atoms with Crippen molar-refractivity contribution in [1.82, 2.24) is 5.32 Å². The Kier molecular flexibility index (Phi) is 4.74. The van der Waals surface area contributed by atoms with Crippen LogP contribution in [0.25, 0.3) is 0 Å². The van der Waals surface area contributed by atoms with Crippen LogP contribution in [0.5, 0.6) is 5.75 Å². The fourth-order valence-corrected chi connectivity index (χ4v) is 1.93. The van der Waals surface area contributed by atoms with Gasteiger partial charge in [0.15, 0.2) is 6.10 Å². The second kappa shape index (κ2) is 6.52. The molecule has 4 nitrogen and oxygen atoms in total. The highest BCUT2D eigenvalue weighted by Gasteiger charge is 2.19. The van der Waals surface area contributed by atoms with E-state index >= 15 is 0 Å². The molecular weight excluding hydrogens is 249 g/mol. The second-order valence-electron chi connectivity index (χ2n) is 4.59. The van der Waals surface area contributed by atoms with Crippen LogP contribution in [-0.2, 0) is 9.53 Å². The summed E-state index contributed by atoms with van der Waals surface area (Å²) in [6.45, 7) is 2.94. The van der Waals surface area contributed by atoms with Crippen LogP contribution in [0.1, 0.15) is 19.8 Å². The van der Waals surface area contributed by atoms with Crippen LogP contribution < -0.4 is 10.1 Å². The predicted octanol–water partition coefficient (Wildman–Crippen LogP) is 1.89. The number of ether oxygens (including phenoxy) is 2. The highest BCUT2D eigenvalue weighted by molar-refractivity contribution is 5.80. The molecule has 0 bridgehead atoms. The van der Waals surface area contributed by atoms with Gasteiger partial charge in [-0.25, -0.2) is 4.39 Å². The highest BCUT2D eigenvalue weighted by Crippen LogP contribution is 2.13. The Labute approximate surface area is 111 Å². The Hall–Kier alpha value is -1.62. The summed E-state index contributed by atoms with van der Waals surface area (Å²) in [5.74, 6) is -0.0520. The Morgan fingerprint density at radius 2 is 2.26 bits per heavy atom. The zero-order valence-electron chi connectivity index (χ0n) is 10.9. The van der Waals surface area contributed by atoms with Crippen LogP contribution in [0.15, 0.2) is 24.3 Å². The Bertz CT molecular complexity index is 415. The average molecular weight is 267 g/mol. The molecule has 104 valence electrons. The Morgan fingerprint density at radius 3 is 2.89 bits per heavy atom. The zero-order chi connectivity index (χ0) is 13.7. The molecule has 0 aliphatic carbocycles. The lowest BCUT2D eigenvalue weighted by Gasteiger charge is -2.16. The maximum atomic E-state index is 12.7. The Balaban J connectivity index is 1.76. The van der Waals surface area contributed by atoms with Crippen molar-refractivity contribution in [2.45, 2.75) is 32.0 Å².